The van der Waals surface area contributed by atoms with Crippen molar-refractivity contribution < 1.29 is 28.9 Å². The number of benzene rings is 2. The molecule has 0 spiro atoms. The van der Waals surface area contributed by atoms with Crippen molar-refractivity contribution in [2.75, 3.05) is 52.6 Å². The van der Waals surface area contributed by atoms with E-state index in [0.29, 0.717) is 56.6 Å². The van der Waals surface area contributed by atoms with E-state index in [9.17, 15) is 14.7 Å². The van der Waals surface area contributed by atoms with Gasteiger partial charge < -0.3 is 24.2 Å². The molecule has 2 aliphatic heterocycles. The zero-order valence-corrected chi connectivity index (χ0v) is 21.7. The van der Waals surface area contributed by atoms with E-state index in [1.807, 2.05) is 37.3 Å². The maximum atomic E-state index is 13.3. The highest BCUT2D eigenvalue weighted by atomic mass is 16.5. The topological polar surface area (TPSA) is 88.5 Å². The number of unbranched alkanes of at least 4 members (excludes halogenated alkanes) is 1. The number of nitrogens with zero attached hydrogens (tertiary/aromatic N) is 2. The third kappa shape index (κ3) is 6.32. The van der Waals surface area contributed by atoms with E-state index in [1.165, 1.54) is 0 Å². The fraction of sp³-hybridized carbons (Fsp3) is 0.448. The number of amides is 1. The molecule has 8 nitrogen and oxygen atoms in total. The van der Waals surface area contributed by atoms with Crippen LogP contribution >= 0.6 is 0 Å². The number of rotatable bonds is 11. The molecule has 2 aromatic carbocycles. The molecule has 0 aromatic heterocycles. The Morgan fingerprint density at radius 1 is 1.00 bits per heavy atom. The molecule has 1 amide bonds. The van der Waals surface area contributed by atoms with Gasteiger partial charge in [-0.2, -0.15) is 0 Å². The predicted octanol–water partition coefficient (Wildman–Crippen LogP) is 4.02. The molecule has 2 saturated heterocycles. The summed E-state index contributed by atoms with van der Waals surface area (Å²) < 4.78 is 16.8. The Morgan fingerprint density at radius 2 is 1.76 bits per heavy atom. The highest BCUT2D eigenvalue weighted by molar-refractivity contribution is 6.46. The van der Waals surface area contributed by atoms with E-state index in [2.05, 4.69) is 11.8 Å². The molecule has 1 unspecified atom stereocenters. The van der Waals surface area contributed by atoms with E-state index in [0.717, 1.165) is 31.5 Å². The van der Waals surface area contributed by atoms with Crippen LogP contribution in [0.1, 0.15) is 43.9 Å². The minimum atomic E-state index is -0.707. The second-order valence-electron chi connectivity index (χ2n) is 9.18. The van der Waals surface area contributed by atoms with Gasteiger partial charge in [0.2, 0.25) is 0 Å². The fourth-order valence-electron chi connectivity index (χ4n) is 4.67. The van der Waals surface area contributed by atoms with Crippen LogP contribution in [0.15, 0.2) is 54.1 Å². The zero-order chi connectivity index (χ0) is 26.2. The number of likely N-dealkylation sites (tertiary alicyclic amines) is 1. The normalized spacial score (nSPS) is 19.8. The molecule has 8 heteroatoms. The third-order valence-corrected chi connectivity index (χ3v) is 6.68. The number of aliphatic hydroxyl groups is 1. The summed E-state index contributed by atoms with van der Waals surface area (Å²) in [4.78, 5) is 30.4. The fourth-order valence-corrected chi connectivity index (χ4v) is 4.67. The monoisotopic (exact) mass is 508 g/mol. The van der Waals surface area contributed by atoms with Crippen molar-refractivity contribution in [3.8, 4) is 11.5 Å². The van der Waals surface area contributed by atoms with Gasteiger partial charge >= 0.3 is 0 Å². The van der Waals surface area contributed by atoms with Crippen LogP contribution in [0.2, 0.25) is 0 Å². The summed E-state index contributed by atoms with van der Waals surface area (Å²) in [6.45, 7) is 8.94. The SMILES string of the molecule is CCCCOc1cccc(C(O)=C2C(=O)C(=O)N(CCN3CCOCC3)C2c2ccc(OCC)cc2)c1. The maximum Gasteiger partial charge on any atom is 0.295 e. The van der Waals surface area contributed by atoms with E-state index < -0.39 is 17.7 Å². The van der Waals surface area contributed by atoms with Gasteiger partial charge in [-0.25, -0.2) is 0 Å². The summed E-state index contributed by atoms with van der Waals surface area (Å²) in [5, 5.41) is 11.4. The number of carbonyl (C=O) groups excluding carboxylic acids is 2. The number of Topliss-reactive ketones (excluding diaryl/α,β-unsaturated/α-hetero) is 1. The lowest BCUT2D eigenvalue weighted by atomic mass is 9.95. The van der Waals surface area contributed by atoms with Gasteiger partial charge in [0, 0.05) is 31.7 Å². The molecule has 0 saturated carbocycles. The molecule has 37 heavy (non-hydrogen) atoms. The van der Waals surface area contributed by atoms with Gasteiger partial charge in [0.05, 0.1) is 38.0 Å². The summed E-state index contributed by atoms with van der Waals surface area (Å²) >= 11 is 0. The van der Waals surface area contributed by atoms with Crippen LogP contribution in [0, 0.1) is 0 Å². The van der Waals surface area contributed by atoms with Crippen molar-refractivity contribution >= 4 is 17.4 Å². The molecule has 0 radical (unpaired) electrons. The first-order valence-corrected chi connectivity index (χ1v) is 13.1. The van der Waals surface area contributed by atoms with Crippen LogP contribution in [-0.2, 0) is 14.3 Å². The van der Waals surface area contributed by atoms with Crippen molar-refractivity contribution in [2.24, 2.45) is 0 Å². The summed E-state index contributed by atoms with van der Waals surface area (Å²) in [6, 6.07) is 13.7. The van der Waals surface area contributed by atoms with Crippen LogP contribution in [0.4, 0.5) is 0 Å². The molecule has 2 heterocycles. The second-order valence-corrected chi connectivity index (χ2v) is 9.18. The van der Waals surface area contributed by atoms with Crippen LogP contribution in [-0.4, -0.2) is 79.2 Å². The number of morpholine rings is 1. The van der Waals surface area contributed by atoms with E-state index in [1.54, 1.807) is 23.1 Å². The van der Waals surface area contributed by atoms with E-state index in [4.69, 9.17) is 14.2 Å². The van der Waals surface area contributed by atoms with E-state index >= 15 is 0 Å². The minimum Gasteiger partial charge on any atom is -0.507 e. The minimum absolute atomic E-state index is 0.0850. The second kappa shape index (κ2) is 12.7. The lowest BCUT2D eigenvalue weighted by Crippen LogP contribution is -2.42. The van der Waals surface area contributed by atoms with Gasteiger partial charge in [-0.15, -0.1) is 0 Å². The number of ether oxygens (including phenoxy) is 3. The summed E-state index contributed by atoms with van der Waals surface area (Å²) in [5.41, 5.74) is 1.26. The standard InChI is InChI=1S/C29H36N2O6/c1-3-5-17-37-24-8-6-7-22(20-24)27(32)25-26(21-9-11-23(12-10-21)36-4-2)31(29(34)28(25)33)14-13-30-15-18-35-19-16-30/h6-12,20,26,32H,3-5,13-19H2,1-2H3. The van der Waals surface area contributed by atoms with Crippen molar-refractivity contribution in [1.29, 1.82) is 0 Å². The Kier molecular flexibility index (Phi) is 9.19. The van der Waals surface area contributed by atoms with Crippen molar-refractivity contribution in [1.82, 2.24) is 9.80 Å². The largest absolute Gasteiger partial charge is 0.507 e. The Labute approximate surface area is 218 Å². The Morgan fingerprint density at radius 3 is 2.46 bits per heavy atom. The maximum absolute atomic E-state index is 13.3. The van der Waals surface area contributed by atoms with Gasteiger partial charge in [0.15, 0.2) is 0 Å². The first kappa shape index (κ1) is 26.7. The average molecular weight is 509 g/mol. The lowest BCUT2D eigenvalue weighted by molar-refractivity contribution is -0.140. The molecule has 198 valence electrons. The van der Waals surface area contributed by atoms with Crippen molar-refractivity contribution in [3.05, 3.63) is 65.2 Å². The molecular formula is C29H36N2O6. The van der Waals surface area contributed by atoms with Gasteiger partial charge in [0.1, 0.15) is 17.3 Å². The summed E-state index contributed by atoms with van der Waals surface area (Å²) in [6.07, 6.45) is 1.93. The Bertz CT molecular complexity index is 1110. The smallest absolute Gasteiger partial charge is 0.295 e. The van der Waals surface area contributed by atoms with Crippen molar-refractivity contribution in [2.45, 2.75) is 32.7 Å². The molecule has 0 bridgehead atoms. The van der Waals surface area contributed by atoms with Gasteiger partial charge in [-0.1, -0.05) is 37.6 Å². The van der Waals surface area contributed by atoms with Gasteiger partial charge in [-0.3, -0.25) is 14.5 Å². The molecule has 2 fully saturated rings. The van der Waals surface area contributed by atoms with Gasteiger partial charge in [-0.05, 0) is 43.2 Å². The number of ketones is 1. The quantitative estimate of drug-likeness (QED) is 0.212. The van der Waals surface area contributed by atoms with Gasteiger partial charge in [0.25, 0.3) is 11.7 Å². The number of aliphatic hydroxyl groups excluding tert-OH is 1. The molecule has 1 N–H and O–H groups in total. The molecule has 4 rings (SSSR count). The highest BCUT2D eigenvalue weighted by Gasteiger charge is 2.46. The van der Waals surface area contributed by atoms with Crippen LogP contribution in [0.3, 0.4) is 0 Å². The summed E-state index contributed by atoms with van der Waals surface area (Å²) in [7, 11) is 0. The third-order valence-electron chi connectivity index (χ3n) is 6.68. The molecular weight excluding hydrogens is 472 g/mol. The Balaban J connectivity index is 1.69. The number of carbonyl (C=O) groups is 2. The number of hydrogen-bond donors (Lipinski definition) is 1. The first-order chi connectivity index (χ1) is 18.0. The first-order valence-electron chi connectivity index (χ1n) is 13.1. The molecule has 2 aliphatic rings. The average Bonchev–Trinajstić information content (AvgIpc) is 3.18. The molecule has 1 atom stereocenters. The van der Waals surface area contributed by atoms with Crippen LogP contribution < -0.4 is 9.47 Å². The van der Waals surface area contributed by atoms with Crippen LogP contribution in [0.5, 0.6) is 11.5 Å². The Hall–Kier alpha value is -3.36. The van der Waals surface area contributed by atoms with Crippen molar-refractivity contribution in [3.63, 3.8) is 0 Å². The van der Waals surface area contributed by atoms with Crippen LogP contribution in [0.25, 0.3) is 5.76 Å². The van der Waals surface area contributed by atoms with E-state index in [-0.39, 0.29) is 11.3 Å². The zero-order valence-electron chi connectivity index (χ0n) is 21.7. The lowest BCUT2D eigenvalue weighted by Gasteiger charge is -2.31. The number of hydrogen-bond acceptors (Lipinski definition) is 7. The molecule has 2 aromatic rings. The predicted molar refractivity (Wildman–Crippen MR) is 141 cm³/mol. The molecule has 0 aliphatic carbocycles. The highest BCUT2D eigenvalue weighted by Crippen LogP contribution is 2.40. The summed E-state index contributed by atoms with van der Waals surface area (Å²) in [5.74, 6) is -0.183.